The third-order valence-electron chi connectivity index (χ3n) is 5.66. The van der Waals surface area contributed by atoms with Crippen molar-refractivity contribution in [3.05, 3.63) is 60.9 Å². The molecule has 0 bridgehead atoms. The van der Waals surface area contributed by atoms with Crippen LogP contribution in [0.3, 0.4) is 0 Å². The number of aromatic nitrogens is 4. The Bertz CT molecular complexity index is 1250. The third-order valence-corrected chi connectivity index (χ3v) is 5.66. The first-order valence-corrected chi connectivity index (χ1v) is 10.4. The zero-order valence-electron chi connectivity index (χ0n) is 17.4. The van der Waals surface area contributed by atoms with Crippen LogP contribution >= 0.6 is 0 Å². The SMILES string of the molecule is NCC(=O)N1CC[C@@H](n2nc(-c3ccc(Oc4ccccc4)cc3)c3c(N)ncnc32)C1. The van der Waals surface area contributed by atoms with E-state index in [-0.39, 0.29) is 18.5 Å². The lowest BCUT2D eigenvalue weighted by Crippen LogP contribution is -2.34. The molecule has 5 rings (SSSR count). The highest BCUT2D eigenvalue weighted by atomic mass is 16.5. The molecule has 0 saturated carbocycles. The van der Waals surface area contributed by atoms with Crippen LogP contribution < -0.4 is 16.2 Å². The number of carbonyl (C=O) groups is 1. The van der Waals surface area contributed by atoms with Crippen molar-refractivity contribution in [2.75, 3.05) is 25.4 Å². The molecule has 3 heterocycles. The Hall–Kier alpha value is -3.98. The van der Waals surface area contributed by atoms with Crippen molar-refractivity contribution < 1.29 is 9.53 Å². The molecule has 1 saturated heterocycles. The molecule has 9 nitrogen and oxygen atoms in total. The van der Waals surface area contributed by atoms with E-state index in [1.807, 2.05) is 59.3 Å². The Morgan fingerprint density at radius 1 is 1.06 bits per heavy atom. The fraction of sp³-hybridized carbons (Fsp3) is 0.217. The first kappa shape index (κ1) is 20.0. The lowest BCUT2D eigenvalue weighted by Gasteiger charge is -2.15. The Balaban J connectivity index is 1.49. The Morgan fingerprint density at radius 2 is 1.81 bits per heavy atom. The van der Waals surface area contributed by atoms with E-state index in [1.165, 1.54) is 6.33 Å². The number of fused-ring (bicyclic) bond motifs is 1. The first-order valence-electron chi connectivity index (χ1n) is 10.4. The lowest BCUT2D eigenvalue weighted by atomic mass is 10.1. The van der Waals surface area contributed by atoms with Crippen LogP contribution in [0, 0.1) is 0 Å². The third kappa shape index (κ3) is 3.63. The van der Waals surface area contributed by atoms with Crippen LogP contribution in [0.4, 0.5) is 5.82 Å². The van der Waals surface area contributed by atoms with Gasteiger partial charge in [-0.2, -0.15) is 5.10 Å². The second kappa shape index (κ2) is 8.27. The van der Waals surface area contributed by atoms with Gasteiger partial charge in [-0.1, -0.05) is 18.2 Å². The van der Waals surface area contributed by atoms with E-state index >= 15 is 0 Å². The van der Waals surface area contributed by atoms with E-state index in [2.05, 4.69) is 9.97 Å². The van der Waals surface area contributed by atoms with Crippen LogP contribution in [0.25, 0.3) is 22.3 Å². The van der Waals surface area contributed by atoms with Gasteiger partial charge in [-0.3, -0.25) is 4.79 Å². The molecule has 1 atom stereocenters. The van der Waals surface area contributed by atoms with E-state index in [9.17, 15) is 4.79 Å². The molecule has 0 aliphatic carbocycles. The van der Waals surface area contributed by atoms with Gasteiger partial charge in [-0.25, -0.2) is 14.6 Å². The smallest absolute Gasteiger partial charge is 0.236 e. The molecule has 0 unspecified atom stereocenters. The minimum absolute atomic E-state index is 0.00302. The molecule has 162 valence electrons. The van der Waals surface area contributed by atoms with Crippen LogP contribution in [-0.4, -0.2) is 50.2 Å². The van der Waals surface area contributed by atoms with Crippen LogP contribution in [0.15, 0.2) is 60.9 Å². The summed E-state index contributed by atoms with van der Waals surface area (Å²) in [6, 6.07) is 17.3. The minimum Gasteiger partial charge on any atom is -0.457 e. The number of carbonyl (C=O) groups excluding carboxylic acids is 1. The molecular weight excluding hydrogens is 406 g/mol. The summed E-state index contributed by atoms with van der Waals surface area (Å²) in [4.78, 5) is 22.4. The number of rotatable bonds is 5. The zero-order chi connectivity index (χ0) is 22.1. The van der Waals surface area contributed by atoms with E-state index in [1.54, 1.807) is 4.90 Å². The monoisotopic (exact) mass is 429 g/mol. The molecule has 1 aliphatic rings. The van der Waals surface area contributed by atoms with Crippen LogP contribution in [-0.2, 0) is 4.79 Å². The van der Waals surface area contributed by atoms with Crippen molar-refractivity contribution in [3.63, 3.8) is 0 Å². The van der Waals surface area contributed by atoms with Gasteiger partial charge >= 0.3 is 0 Å². The van der Waals surface area contributed by atoms with Crippen molar-refractivity contribution >= 4 is 22.8 Å². The zero-order valence-corrected chi connectivity index (χ0v) is 17.4. The van der Waals surface area contributed by atoms with E-state index < -0.39 is 0 Å². The highest BCUT2D eigenvalue weighted by Gasteiger charge is 2.30. The summed E-state index contributed by atoms with van der Waals surface area (Å²) in [5.41, 5.74) is 14.0. The first-order chi connectivity index (χ1) is 15.6. The fourth-order valence-corrected chi connectivity index (χ4v) is 4.05. The van der Waals surface area contributed by atoms with Crippen molar-refractivity contribution in [2.45, 2.75) is 12.5 Å². The second-order valence-electron chi connectivity index (χ2n) is 7.68. The van der Waals surface area contributed by atoms with Crippen LogP contribution in [0.5, 0.6) is 11.5 Å². The highest BCUT2D eigenvalue weighted by Crippen LogP contribution is 2.34. The van der Waals surface area contributed by atoms with Gasteiger partial charge in [0.15, 0.2) is 5.65 Å². The average Bonchev–Trinajstić information content (AvgIpc) is 3.46. The van der Waals surface area contributed by atoms with E-state index in [0.29, 0.717) is 35.6 Å². The molecule has 2 aromatic carbocycles. The Kier molecular flexibility index (Phi) is 5.16. The summed E-state index contributed by atoms with van der Waals surface area (Å²) in [6.45, 7) is 1.19. The summed E-state index contributed by atoms with van der Waals surface area (Å²) < 4.78 is 7.75. The molecule has 1 amide bonds. The number of nitrogen functional groups attached to an aromatic ring is 1. The second-order valence-corrected chi connectivity index (χ2v) is 7.68. The van der Waals surface area contributed by atoms with Gasteiger partial charge in [0, 0.05) is 18.7 Å². The summed E-state index contributed by atoms with van der Waals surface area (Å²) in [5, 5.41) is 5.56. The summed E-state index contributed by atoms with van der Waals surface area (Å²) in [6.07, 6.45) is 2.21. The lowest BCUT2D eigenvalue weighted by molar-refractivity contribution is -0.128. The van der Waals surface area contributed by atoms with Gasteiger partial charge in [0.1, 0.15) is 29.3 Å². The van der Waals surface area contributed by atoms with Gasteiger partial charge in [0.25, 0.3) is 0 Å². The maximum Gasteiger partial charge on any atom is 0.236 e. The molecule has 2 aromatic heterocycles. The number of benzene rings is 2. The predicted molar refractivity (Wildman–Crippen MR) is 121 cm³/mol. The number of nitrogens with two attached hydrogens (primary N) is 2. The highest BCUT2D eigenvalue weighted by molar-refractivity contribution is 5.98. The predicted octanol–water partition coefficient (Wildman–Crippen LogP) is 2.60. The molecule has 9 heteroatoms. The maximum absolute atomic E-state index is 12.0. The molecular formula is C23H23N7O2. The number of ether oxygens (including phenoxy) is 1. The number of anilines is 1. The normalized spacial score (nSPS) is 15.9. The molecule has 0 radical (unpaired) electrons. The van der Waals surface area contributed by atoms with Crippen molar-refractivity contribution in [1.29, 1.82) is 0 Å². The van der Waals surface area contributed by atoms with Gasteiger partial charge in [0.05, 0.1) is 18.0 Å². The number of nitrogens with zero attached hydrogens (tertiary/aromatic N) is 5. The summed E-state index contributed by atoms with van der Waals surface area (Å²) in [7, 11) is 0. The number of amides is 1. The Labute approximate surface area is 184 Å². The summed E-state index contributed by atoms with van der Waals surface area (Å²) in [5.74, 6) is 1.80. The van der Waals surface area contributed by atoms with E-state index in [4.69, 9.17) is 21.3 Å². The number of para-hydroxylation sites is 1. The molecule has 32 heavy (non-hydrogen) atoms. The van der Waals surface area contributed by atoms with Crippen LogP contribution in [0.2, 0.25) is 0 Å². The van der Waals surface area contributed by atoms with Crippen molar-refractivity contribution in [1.82, 2.24) is 24.6 Å². The average molecular weight is 429 g/mol. The number of hydrogen-bond donors (Lipinski definition) is 2. The van der Waals surface area contributed by atoms with Gasteiger partial charge in [-0.05, 0) is 42.8 Å². The molecule has 0 spiro atoms. The molecule has 1 fully saturated rings. The van der Waals surface area contributed by atoms with Gasteiger partial charge in [-0.15, -0.1) is 0 Å². The quantitative estimate of drug-likeness (QED) is 0.499. The largest absolute Gasteiger partial charge is 0.457 e. The van der Waals surface area contributed by atoms with E-state index in [0.717, 1.165) is 23.5 Å². The van der Waals surface area contributed by atoms with Crippen molar-refractivity contribution in [2.24, 2.45) is 5.73 Å². The molecule has 4 N–H and O–H groups in total. The van der Waals surface area contributed by atoms with Crippen molar-refractivity contribution in [3.8, 4) is 22.8 Å². The maximum atomic E-state index is 12.0. The van der Waals surface area contributed by atoms with Crippen LogP contribution in [0.1, 0.15) is 12.5 Å². The number of likely N-dealkylation sites (tertiary alicyclic amines) is 1. The topological polar surface area (TPSA) is 125 Å². The van der Waals surface area contributed by atoms with Gasteiger partial charge in [0.2, 0.25) is 5.91 Å². The minimum atomic E-state index is -0.0627. The van der Waals surface area contributed by atoms with Gasteiger partial charge < -0.3 is 21.1 Å². The summed E-state index contributed by atoms with van der Waals surface area (Å²) >= 11 is 0. The Morgan fingerprint density at radius 3 is 2.56 bits per heavy atom. The fourth-order valence-electron chi connectivity index (χ4n) is 4.05. The standard InChI is InChI=1S/C23H23N7O2/c24-12-19(31)29-11-10-16(13-29)30-23-20(22(25)26-14-27-23)21(28-30)15-6-8-18(9-7-15)32-17-4-2-1-3-5-17/h1-9,14,16H,10-13,24H2,(H2,25,26,27)/t16-/m1/s1. The number of hydrogen-bond acceptors (Lipinski definition) is 7. The molecule has 1 aliphatic heterocycles. The molecule has 4 aromatic rings.